The van der Waals surface area contributed by atoms with Crippen LogP contribution in [-0.4, -0.2) is 120 Å². The minimum absolute atomic E-state index is 0.00694. The Morgan fingerprint density at radius 2 is 0.885 bits per heavy atom. The van der Waals surface area contributed by atoms with Gasteiger partial charge in [0.1, 0.15) is 51.3 Å². The first-order valence-corrected chi connectivity index (χ1v) is 40.4. The monoisotopic (exact) mass is 1760 g/mol. The lowest BCUT2D eigenvalue weighted by molar-refractivity contribution is 0.0689. The van der Waals surface area contributed by atoms with E-state index in [1.165, 1.54) is 0 Å². The quantitative estimate of drug-likeness (QED) is 0.0349. The van der Waals surface area contributed by atoms with Crippen molar-refractivity contribution in [1.82, 2.24) is 69.2 Å². The Morgan fingerprint density at radius 1 is 0.451 bits per heavy atom. The van der Waals surface area contributed by atoms with E-state index in [9.17, 15) is 19.6 Å². The van der Waals surface area contributed by atoms with Gasteiger partial charge in [0.2, 0.25) is 0 Å². The minimum Gasteiger partial charge on any atom is -0.497 e. The van der Waals surface area contributed by atoms with E-state index < -0.39 is 7.12 Å². The summed E-state index contributed by atoms with van der Waals surface area (Å²) in [5.74, 6) is 4.31. The molecule has 29 heteroatoms. The number of methoxy groups -OCH3 is 2. The number of hydrogen-bond acceptors (Lipinski definition) is 21. The molecule has 6 aromatic carbocycles. The molecule has 0 aliphatic carbocycles. The number of para-hydroxylation sites is 5. The summed E-state index contributed by atoms with van der Waals surface area (Å²) < 4.78 is 16.9. The molecule has 0 radical (unpaired) electrons. The molecular formula is C93H77BBr2ClN19O6. The van der Waals surface area contributed by atoms with Gasteiger partial charge in [-0.05, 0) is 195 Å². The minimum atomic E-state index is -1.54. The number of nitrogen functional groups attached to an aromatic ring is 1. The van der Waals surface area contributed by atoms with Crippen LogP contribution in [-0.2, 0) is 19.6 Å². The predicted molar refractivity (Wildman–Crippen MR) is 491 cm³/mol. The van der Waals surface area contributed by atoms with Gasteiger partial charge in [-0.1, -0.05) is 90.5 Å². The standard InChI is InChI=1S/C30H27N5O3.C21H17N5O.C14H12BN3O2.C14H10BrN3.C9H5BrClN.C5H6N2/c1-37-24-10-8-21(27(16-24)38-2)18-35-14-13-34-19-22(15-26(34)30(35)36)25-7-3-5-20-9-11-28(33-29(20)25)32-23-6-4-12-31-17-23;27-21-18-11-15(13-26(18)10-9-23-21)17-5-1-3-14-6-7-19(25-20(14)17)24-16-4-2-8-22-12-16;19-15(20)12-5-1-3-10-6-7-13(18-14(10)12)17-11-4-2-8-16-9-11;15-12-5-1-3-10-6-7-13(18-14(10)12)17-11-4-2-8-16-9-11;10-7-3-1-2-6-4-5-8(11)12-9(6)7;6-5-2-1-3-7-4-5/h3-12,15-17,19H,13-14,18H2,1-2H3,(H,32,33);1-8,11-13H,9-10H2,(H,23,27)(H,24,25);1-9,19-20H,(H,17,18);1-9H,(H,17,18);1-5H;1-4H,6H2. The maximum absolute atomic E-state index is 13.5. The van der Waals surface area contributed by atoms with Crippen molar-refractivity contribution in [3.63, 3.8) is 0 Å². The van der Waals surface area contributed by atoms with Crippen molar-refractivity contribution in [1.29, 1.82) is 0 Å². The van der Waals surface area contributed by atoms with E-state index in [0.717, 1.165) is 138 Å². The fourth-order valence-corrected chi connectivity index (χ4v) is 14.7. The first-order valence-electron chi connectivity index (χ1n) is 38.5. The summed E-state index contributed by atoms with van der Waals surface area (Å²) in [4.78, 5) is 70.5. The van der Waals surface area contributed by atoms with Crippen molar-refractivity contribution >= 4 is 174 Å². The lowest BCUT2D eigenvalue weighted by Gasteiger charge is -2.29. The number of nitrogens with zero attached hydrogens (tertiary/aromatic N) is 13. The second kappa shape index (κ2) is 39.3. The molecule has 2 aliphatic heterocycles. The molecule has 18 aromatic rings. The maximum Gasteiger partial charge on any atom is 0.490 e. The number of nitrogens with one attached hydrogen (secondary N) is 5. The highest BCUT2D eigenvalue weighted by molar-refractivity contribution is 9.11. The van der Waals surface area contributed by atoms with Crippen LogP contribution in [0.2, 0.25) is 5.15 Å². The number of anilines is 9. The van der Waals surface area contributed by atoms with E-state index in [-0.39, 0.29) is 11.8 Å². The van der Waals surface area contributed by atoms with Crippen LogP contribution in [0, 0.1) is 0 Å². The zero-order valence-corrected chi connectivity index (χ0v) is 69.6. The van der Waals surface area contributed by atoms with Crippen LogP contribution in [0.25, 0.3) is 76.8 Å². The van der Waals surface area contributed by atoms with Gasteiger partial charge in [0.15, 0.2) is 0 Å². The Hall–Kier alpha value is -14.5. The summed E-state index contributed by atoms with van der Waals surface area (Å²) in [6.45, 7) is 3.24. The second-order valence-electron chi connectivity index (χ2n) is 27.6. The van der Waals surface area contributed by atoms with Crippen molar-refractivity contribution in [2.75, 3.05) is 54.3 Å². The number of pyridine rings is 10. The topological polar surface area (TPSA) is 321 Å². The molecule has 2 amide bonds. The number of fused-ring (bicyclic) bond motifs is 7. The first kappa shape index (κ1) is 82.6. The van der Waals surface area contributed by atoms with E-state index in [1.54, 1.807) is 107 Å². The van der Waals surface area contributed by atoms with Crippen molar-refractivity contribution in [2.24, 2.45) is 0 Å². The summed E-state index contributed by atoms with van der Waals surface area (Å²) in [7, 11) is 1.71. The molecular weight excluding hydrogens is 1690 g/mol. The van der Waals surface area contributed by atoms with Crippen LogP contribution in [0.5, 0.6) is 11.5 Å². The Kier molecular flexibility index (Phi) is 26.6. The van der Waals surface area contributed by atoms with Gasteiger partial charge in [0.25, 0.3) is 11.8 Å². The molecule has 25 nitrogen and oxygen atoms in total. The van der Waals surface area contributed by atoms with Gasteiger partial charge in [0.05, 0.1) is 95.0 Å². The van der Waals surface area contributed by atoms with Gasteiger partial charge < -0.3 is 65.9 Å². The largest absolute Gasteiger partial charge is 0.497 e. The molecule has 20 rings (SSSR count). The lowest BCUT2D eigenvalue weighted by atomic mass is 9.79. The highest BCUT2D eigenvalue weighted by Crippen LogP contribution is 2.36. The molecule has 9 N–H and O–H groups in total. The van der Waals surface area contributed by atoms with Gasteiger partial charge in [-0.2, -0.15) is 0 Å². The first-order chi connectivity index (χ1) is 59.6. The number of ether oxygens (including phenoxy) is 2. The van der Waals surface area contributed by atoms with Gasteiger partial charge in [-0.3, -0.25) is 34.5 Å². The zero-order chi connectivity index (χ0) is 84.3. The number of carbonyl (C=O) groups is 2. The summed E-state index contributed by atoms with van der Waals surface area (Å²) in [5.41, 5.74) is 20.3. The van der Waals surface area contributed by atoms with Crippen LogP contribution in [0.15, 0.2) is 326 Å². The Labute approximate surface area is 723 Å². The maximum atomic E-state index is 13.5. The van der Waals surface area contributed by atoms with Crippen LogP contribution in [0.3, 0.4) is 0 Å². The third-order valence-corrected chi connectivity index (χ3v) is 20.9. The molecule has 0 atom stereocenters. The normalized spacial score (nSPS) is 11.7. The molecule has 12 aromatic heterocycles. The molecule has 0 unspecified atom stereocenters. The van der Waals surface area contributed by atoms with E-state index in [0.29, 0.717) is 71.0 Å². The Balaban J connectivity index is 0.000000121. The van der Waals surface area contributed by atoms with Gasteiger partial charge >= 0.3 is 7.12 Å². The van der Waals surface area contributed by atoms with Crippen molar-refractivity contribution in [2.45, 2.75) is 19.6 Å². The fourth-order valence-electron chi connectivity index (χ4n) is 13.6. The van der Waals surface area contributed by atoms with E-state index in [1.807, 2.05) is 220 Å². The van der Waals surface area contributed by atoms with E-state index in [4.69, 9.17) is 36.8 Å². The number of amides is 2. The molecule has 604 valence electrons. The van der Waals surface area contributed by atoms with Crippen LogP contribution in [0.1, 0.15) is 26.5 Å². The smallest absolute Gasteiger partial charge is 0.490 e. The van der Waals surface area contributed by atoms with Crippen molar-refractivity contribution < 1.29 is 29.1 Å². The fraction of sp³-hybridized carbons (Fsp3) is 0.0753. The third kappa shape index (κ3) is 20.6. The summed E-state index contributed by atoms with van der Waals surface area (Å²) in [6.07, 6.45) is 21.3. The van der Waals surface area contributed by atoms with E-state index in [2.05, 4.69) is 117 Å². The average Bonchev–Trinajstić information content (AvgIpc) is 1.62. The van der Waals surface area contributed by atoms with Crippen LogP contribution < -0.4 is 47.3 Å². The van der Waals surface area contributed by atoms with E-state index >= 15 is 0 Å². The van der Waals surface area contributed by atoms with Crippen LogP contribution in [0.4, 0.5) is 51.7 Å². The van der Waals surface area contributed by atoms with Crippen LogP contribution >= 0.6 is 43.5 Å². The van der Waals surface area contributed by atoms with Gasteiger partial charge in [-0.25, -0.2) is 24.9 Å². The highest BCUT2D eigenvalue weighted by atomic mass is 79.9. The number of aromatic nitrogens is 12. The van der Waals surface area contributed by atoms with Gasteiger partial charge in [-0.15, -0.1) is 0 Å². The Bertz CT molecular complexity index is 6700. The average molecular weight is 1760 g/mol. The summed E-state index contributed by atoms with van der Waals surface area (Å²) >= 11 is 12.7. The van der Waals surface area contributed by atoms with Crippen molar-refractivity contribution in [3.05, 3.63) is 348 Å². The Morgan fingerprint density at radius 3 is 1.34 bits per heavy atom. The van der Waals surface area contributed by atoms with Gasteiger partial charge in [0, 0.05) is 152 Å². The number of benzene rings is 6. The number of nitrogens with two attached hydrogens (primary N) is 1. The SMILES string of the molecule is Brc1cccc2ccc(Nc3cccnc3)nc12.COc1ccc(CN2CCn3cc(-c4cccc5ccc(Nc6cccnc6)nc45)cc3C2=O)c(OC)c1.Clc1ccc2cccc(Br)c2n1.Nc1cccnc1.O=C1NCCn2cc(-c3cccc4ccc(Nc5cccnc5)nc34)cc21.OB(O)c1cccc2ccc(Nc3cccnc3)nc12. The number of halogens is 3. The predicted octanol–water partition coefficient (Wildman–Crippen LogP) is 18.6. The molecule has 0 saturated heterocycles. The number of carbonyl (C=O) groups excluding carboxylic acids is 2. The molecule has 0 bridgehead atoms. The number of rotatable bonds is 15. The molecule has 2 aliphatic rings. The summed E-state index contributed by atoms with van der Waals surface area (Å²) in [5, 5.41) is 40.3. The highest BCUT2D eigenvalue weighted by Gasteiger charge is 2.28. The molecule has 0 spiro atoms. The molecule has 14 heterocycles. The molecule has 0 fully saturated rings. The third-order valence-electron chi connectivity index (χ3n) is 19.5. The molecule has 0 saturated carbocycles. The zero-order valence-electron chi connectivity index (χ0n) is 65.7. The molecule has 122 heavy (non-hydrogen) atoms. The second-order valence-corrected chi connectivity index (χ2v) is 29.7. The van der Waals surface area contributed by atoms with Crippen molar-refractivity contribution in [3.8, 4) is 33.8 Å². The summed E-state index contributed by atoms with van der Waals surface area (Å²) in [6, 6.07) is 77.4. The lowest BCUT2D eigenvalue weighted by Crippen LogP contribution is -2.39. The number of hydrogen-bond donors (Lipinski definition) is 8.